The molecule has 0 heterocycles. The Bertz CT molecular complexity index is 738. The molecule has 2 rings (SSSR count). The van der Waals surface area contributed by atoms with Crippen LogP contribution >= 0.6 is 0 Å². The summed E-state index contributed by atoms with van der Waals surface area (Å²) in [5, 5.41) is 2.04. The predicted octanol–water partition coefficient (Wildman–Crippen LogP) is 2.33. The van der Waals surface area contributed by atoms with E-state index in [9.17, 15) is 18.4 Å². The third-order valence-electron chi connectivity index (χ3n) is 3.49. The zero-order valence-electron chi connectivity index (χ0n) is 13.0. The predicted molar refractivity (Wildman–Crippen MR) is 84.7 cm³/mol. The number of benzene rings is 2. The normalized spacial score (nSPS) is 12.0. The van der Waals surface area contributed by atoms with Crippen molar-refractivity contribution >= 4 is 11.9 Å². The van der Waals surface area contributed by atoms with Crippen LogP contribution in [-0.2, 0) is 11.3 Å². The van der Waals surface area contributed by atoms with E-state index in [0.29, 0.717) is 5.56 Å². The number of amides is 3. The highest BCUT2D eigenvalue weighted by molar-refractivity contribution is 5.96. The number of nitrogens with one attached hydrogen (secondary N) is 1. The number of carbonyl (C=O) groups excluding carboxylic acids is 2. The first-order valence-electron chi connectivity index (χ1n) is 7.18. The van der Waals surface area contributed by atoms with E-state index in [4.69, 9.17) is 5.73 Å². The molecule has 7 heteroatoms. The van der Waals surface area contributed by atoms with Gasteiger partial charge in [0.1, 0.15) is 17.7 Å². The van der Waals surface area contributed by atoms with Crippen molar-refractivity contribution in [3.63, 3.8) is 0 Å². The fraction of sp³-hybridized carbons (Fsp3) is 0.176. The molecule has 24 heavy (non-hydrogen) atoms. The largest absolute Gasteiger partial charge is 0.351 e. The van der Waals surface area contributed by atoms with Crippen LogP contribution in [0, 0.1) is 11.6 Å². The molecule has 1 atom stereocenters. The van der Waals surface area contributed by atoms with E-state index >= 15 is 0 Å². The van der Waals surface area contributed by atoms with Gasteiger partial charge in [-0.05, 0) is 18.7 Å². The average molecular weight is 333 g/mol. The summed E-state index contributed by atoms with van der Waals surface area (Å²) in [5.41, 5.74) is 5.85. The standard InChI is InChI=1S/C17H17F2N3O2/c1-22(10-12-7-8-13(18)9-14(12)19)15(16(23)21-17(20)24)11-5-3-2-4-6-11/h2-9,15H,10H2,1H3,(H3,20,21,23,24). The van der Waals surface area contributed by atoms with E-state index in [1.54, 1.807) is 42.3 Å². The van der Waals surface area contributed by atoms with Crippen LogP contribution in [0.2, 0.25) is 0 Å². The van der Waals surface area contributed by atoms with Crippen LogP contribution in [0.25, 0.3) is 0 Å². The lowest BCUT2D eigenvalue weighted by atomic mass is 10.0. The Morgan fingerprint density at radius 2 is 1.83 bits per heavy atom. The molecule has 0 saturated heterocycles. The summed E-state index contributed by atoms with van der Waals surface area (Å²) < 4.78 is 26.9. The second kappa shape index (κ2) is 7.65. The third kappa shape index (κ3) is 4.36. The van der Waals surface area contributed by atoms with Crippen molar-refractivity contribution in [3.05, 3.63) is 71.3 Å². The minimum absolute atomic E-state index is 0.0395. The van der Waals surface area contributed by atoms with Gasteiger partial charge in [0, 0.05) is 18.2 Å². The van der Waals surface area contributed by atoms with Crippen molar-refractivity contribution < 1.29 is 18.4 Å². The first-order valence-corrected chi connectivity index (χ1v) is 7.18. The van der Waals surface area contributed by atoms with Crippen molar-refractivity contribution in [2.45, 2.75) is 12.6 Å². The lowest BCUT2D eigenvalue weighted by molar-refractivity contribution is -0.125. The van der Waals surface area contributed by atoms with Crippen LogP contribution in [0.15, 0.2) is 48.5 Å². The van der Waals surface area contributed by atoms with Crippen molar-refractivity contribution in [1.29, 1.82) is 0 Å². The van der Waals surface area contributed by atoms with Gasteiger partial charge in [-0.15, -0.1) is 0 Å². The summed E-state index contributed by atoms with van der Waals surface area (Å²) in [4.78, 5) is 24.9. The number of likely N-dealkylation sites (N-methyl/N-ethyl adjacent to an activating group) is 1. The van der Waals surface area contributed by atoms with Crippen LogP contribution < -0.4 is 11.1 Å². The lowest BCUT2D eigenvalue weighted by Gasteiger charge is -2.27. The third-order valence-corrected chi connectivity index (χ3v) is 3.49. The molecule has 0 bridgehead atoms. The highest BCUT2D eigenvalue weighted by atomic mass is 19.1. The monoisotopic (exact) mass is 333 g/mol. The second-order valence-electron chi connectivity index (χ2n) is 5.32. The van der Waals surface area contributed by atoms with Crippen LogP contribution in [0.3, 0.4) is 0 Å². The molecular weight excluding hydrogens is 316 g/mol. The van der Waals surface area contributed by atoms with E-state index in [2.05, 4.69) is 0 Å². The smallest absolute Gasteiger partial charge is 0.318 e. The molecule has 1 unspecified atom stereocenters. The summed E-state index contributed by atoms with van der Waals surface area (Å²) in [5.74, 6) is -2.01. The molecule has 3 N–H and O–H groups in total. The summed E-state index contributed by atoms with van der Waals surface area (Å²) in [6, 6.07) is 10.1. The minimum atomic E-state index is -0.970. The Labute approximate surface area is 138 Å². The van der Waals surface area contributed by atoms with Gasteiger partial charge in [-0.3, -0.25) is 15.0 Å². The summed E-state index contributed by atoms with van der Waals surface area (Å²) >= 11 is 0. The fourth-order valence-electron chi connectivity index (χ4n) is 2.44. The number of imide groups is 1. The molecular formula is C17H17F2N3O2. The lowest BCUT2D eigenvalue weighted by Crippen LogP contribution is -2.43. The number of urea groups is 1. The Morgan fingerprint density at radius 3 is 2.42 bits per heavy atom. The fourth-order valence-corrected chi connectivity index (χ4v) is 2.44. The zero-order valence-corrected chi connectivity index (χ0v) is 13.0. The van der Waals surface area contributed by atoms with Gasteiger partial charge in [0.2, 0.25) is 5.91 Å². The van der Waals surface area contributed by atoms with Gasteiger partial charge in [0.15, 0.2) is 0 Å². The van der Waals surface area contributed by atoms with E-state index in [1.165, 1.54) is 6.07 Å². The summed E-state index contributed by atoms with van der Waals surface area (Å²) in [7, 11) is 1.60. The number of carbonyl (C=O) groups is 2. The van der Waals surface area contributed by atoms with Crippen LogP contribution in [0.1, 0.15) is 17.2 Å². The number of hydrogen-bond donors (Lipinski definition) is 2. The van der Waals surface area contributed by atoms with Gasteiger partial charge in [0.05, 0.1) is 0 Å². The average Bonchev–Trinajstić information content (AvgIpc) is 2.50. The van der Waals surface area contributed by atoms with Crippen molar-refractivity contribution in [3.8, 4) is 0 Å². The van der Waals surface area contributed by atoms with Crippen molar-refractivity contribution in [2.75, 3.05) is 7.05 Å². The van der Waals surface area contributed by atoms with Crippen LogP contribution in [0.4, 0.5) is 13.6 Å². The van der Waals surface area contributed by atoms with Gasteiger partial charge in [-0.2, -0.15) is 0 Å². The minimum Gasteiger partial charge on any atom is -0.351 e. The zero-order chi connectivity index (χ0) is 17.7. The number of nitrogens with two attached hydrogens (primary N) is 1. The molecule has 0 aromatic heterocycles. The van der Waals surface area contributed by atoms with E-state index in [0.717, 1.165) is 12.1 Å². The molecule has 0 spiro atoms. The molecule has 3 amide bonds. The topological polar surface area (TPSA) is 75.4 Å². The molecule has 2 aromatic carbocycles. The van der Waals surface area contributed by atoms with Crippen LogP contribution in [-0.4, -0.2) is 23.9 Å². The molecule has 0 radical (unpaired) electrons. The van der Waals surface area contributed by atoms with E-state index < -0.39 is 29.6 Å². The van der Waals surface area contributed by atoms with Gasteiger partial charge in [-0.25, -0.2) is 13.6 Å². The van der Waals surface area contributed by atoms with E-state index in [-0.39, 0.29) is 12.1 Å². The van der Waals surface area contributed by atoms with Crippen molar-refractivity contribution in [1.82, 2.24) is 10.2 Å². The van der Waals surface area contributed by atoms with Gasteiger partial charge >= 0.3 is 6.03 Å². The number of rotatable bonds is 5. The quantitative estimate of drug-likeness (QED) is 0.882. The molecule has 2 aromatic rings. The maximum Gasteiger partial charge on any atom is 0.318 e. The molecule has 0 saturated carbocycles. The van der Waals surface area contributed by atoms with Crippen LogP contribution in [0.5, 0.6) is 0 Å². The first-order chi connectivity index (χ1) is 11.4. The Hall–Kier alpha value is -2.80. The summed E-state index contributed by atoms with van der Waals surface area (Å²) in [6.07, 6.45) is 0. The highest BCUT2D eigenvalue weighted by Gasteiger charge is 2.26. The molecule has 0 aliphatic heterocycles. The molecule has 126 valence electrons. The second-order valence-corrected chi connectivity index (χ2v) is 5.32. The number of primary amides is 1. The SMILES string of the molecule is CN(Cc1ccc(F)cc1F)C(C(=O)NC(N)=O)c1ccccc1. The number of nitrogens with zero attached hydrogens (tertiary/aromatic N) is 1. The Balaban J connectivity index is 2.28. The van der Waals surface area contributed by atoms with Gasteiger partial charge < -0.3 is 5.73 Å². The Morgan fingerprint density at radius 1 is 1.17 bits per heavy atom. The van der Waals surface area contributed by atoms with Gasteiger partial charge in [0.25, 0.3) is 0 Å². The summed E-state index contributed by atoms with van der Waals surface area (Å²) in [6.45, 7) is 0.0395. The maximum absolute atomic E-state index is 13.8. The van der Waals surface area contributed by atoms with Crippen molar-refractivity contribution in [2.24, 2.45) is 5.73 Å². The number of hydrogen-bond acceptors (Lipinski definition) is 3. The maximum atomic E-state index is 13.8. The highest BCUT2D eigenvalue weighted by Crippen LogP contribution is 2.22. The number of halogens is 2. The van der Waals surface area contributed by atoms with E-state index in [1.807, 2.05) is 5.32 Å². The molecule has 0 fully saturated rings. The molecule has 0 aliphatic rings. The Kier molecular flexibility index (Phi) is 5.59. The van der Waals surface area contributed by atoms with Gasteiger partial charge in [-0.1, -0.05) is 36.4 Å². The molecule has 0 aliphatic carbocycles. The first kappa shape index (κ1) is 17.6. The molecule has 5 nitrogen and oxygen atoms in total.